The summed E-state index contributed by atoms with van der Waals surface area (Å²) < 4.78 is 5.35. The van der Waals surface area contributed by atoms with Crippen molar-refractivity contribution in [2.45, 2.75) is 25.3 Å². The van der Waals surface area contributed by atoms with Gasteiger partial charge in [0.2, 0.25) is 5.91 Å². The molecule has 3 heterocycles. The fourth-order valence-electron chi connectivity index (χ4n) is 3.54. The summed E-state index contributed by atoms with van der Waals surface area (Å²) >= 11 is 1.35. The van der Waals surface area contributed by atoms with Crippen LogP contribution in [0.1, 0.15) is 39.0 Å². The Labute approximate surface area is 160 Å². The number of anilines is 1. The predicted molar refractivity (Wildman–Crippen MR) is 101 cm³/mol. The zero-order valence-corrected chi connectivity index (χ0v) is 15.4. The molecule has 0 bridgehead atoms. The number of rotatable bonds is 4. The molecule has 1 saturated heterocycles. The fraction of sp³-hybridized carbons (Fsp3) is 0.316. The van der Waals surface area contributed by atoms with Crippen LogP contribution in [0.15, 0.2) is 30.3 Å². The highest BCUT2D eigenvalue weighted by atomic mass is 32.1. The summed E-state index contributed by atoms with van der Waals surface area (Å²) in [6, 6.07) is 8.98. The molecule has 4 rings (SSSR count). The van der Waals surface area contributed by atoms with E-state index < -0.39 is 5.91 Å². The molecule has 27 heavy (non-hydrogen) atoms. The number of benzene rings is 1. The van der Waals surface area contributed by atoms with Crippen molar-refractivity contribution in [3.63, 3.8) is 0 Å². The molecule has 0 radical (unpaired) electrons. The summed E-state index contributed by atoms with van der Waals surface area (Å²) in [6.07, 6.45) is 2.04. The quantitative estimate of drug-likeness (QED) is 0.841. The Morgan fingerprint density at radius 3 is 2.93 bits per heavy atom. The summed E-state index contributed by atoms with van der Waals surface area (Å²) in [5.41, 5.74) is 6.75. The first-order valence-corrected chi connectivity index (χ1v) is 9.57. The second kappa shape index (κ2) is 7.03. The highest BCUT2D eigenvalue weighted by Gasteiger charge is 2.31. The SMILES string of the molecule is NC(=O)c1ccc(C2CCCN2C(=O)Cc2ccc3c(c2)NC(=O)CO3)s1. The van der Waals surface area contributed by atoms with Gasteiger partial charge in [-0.05, 0) is 42.7 Å². The summed E-state index contributed by atoms with van der Waals surface area (Å²) in [5, 5.41) is 2.76. The monoisotopic (exact) mass is 385 g/mol. The number of carbonyl (C=O) groups excluding carboxylic acids is 3. The third-order valence-electron chi connectivity index (χ3n) is 4.80. The lowest BCUT2D eigenvalue weighted by Gasteiger charge is -2.24. The number of primary amides is 1. The Hall–Kier alpha value is -2.87. The van der Waals surface area contributed by atoms with E-state index in [9.17, 15) is 14.4 Å². The van der Waals surface area contributed by atoms with Crippen LogP contribution in [-0.4, -0.2) is 35.8 Å². The van der Waals surface area contributed by atoms with Crippen LogP contribution in [0.4, 0.5) is 5.69 Å². The zero-order valence-electron chi connectivity index (χ0n) is 14.6. The van der Waals surface area contributed by atoms with Gasteiger partial charge in [0, 0.05) is 11.4 Å². The molecule has 1 fully saturated rings. The Morgan fingerprint density at radius 1 is 1.30 bits per heavy atom. The number of hydrogen-bond donors (Lipinski definition) is 2. The molecule has 0 aliphatic carbocycles. The number of nitrogens with two attached hydrogens (primary N) is 1. The van der Waals surface area contributed by atoms with Crippen LogP contribution in [0.2, 0.25) is 0 Å². The van der Waals surface area contributed by atoms with Crippen molar-refractivity contribution in [1.82, 2.24) is 4.90 Å². The van der Waals surface area contributed by atoms with E-state index in [0.29, 0.717) is 22.9 Å². The lowest BCUT2D eigenvalue weighted by atomic mass is 10.1. The normalized spacial score (nSPS) is 18.6. The number of likely N-dealkylation sites (tertiary alicyclic amines) is 1. The average molecular weight is 385 g/mol. The number of amides is 3. The van der Waals surface area contributed by atoms with Crippen LogP contribution in [0, 0.1) is 0 Å². The Morgan fingerprint density at radius 2 is 2.15 bits per heavy atom. The molecule has 7 nitrogen and oxygen atoms in total. The first-order chi connectivity index (χ1) is 13.0. The minimum absolute atomic E-state index is 0.00877. The van der Waals surface area contributed by atoms with Crippen LogP contribution in [-0.2, 0) is 16.0 Å². The van der Waals surface area contributed by atoms with E-state index in [0.717, 1.165) is 23.3 Å². The number of hydrogen-bond acceptors (Lipinski definition) is 5. The molecule has 140 valence electrons. The van der Waals surface area contributed by atoms with E-state index in [2.05, 4.69) is 5.32 Å². The molecule has 0 spiro atoms. The third kappa shape index (κ3) is 3.52. The third-order valence-corrected chi connectivity index (χ3v) is 6.00. The van der Waals surface area contributed by atoms with Gasteiger partial charge in [-0.3, -0.25) is 14.4 Å². The maximum Gasteiger partial charge on any atom is 0.262 e. The zero-order chi connectivity index (χ0) is 19.0. The number of ether oxygens (including phenoxy) is 1. The first-order valence-electron chi connectivity index (χ1n) is 8.76. The standard InChI is InChI=1S/C19H19N3O4S/c20-19(25)16-6-5-15(27-16)13-2-1-7-22(13)18(24)9-11-3-4-14-12(8-11)21-17(23)10-26-14/h3-6,8,13H,1-2,7,9-10H2,(H2,20,25)(H,21,23). The number of carbonyl (C=O) groups is 3. The number of nitrogens with zero attached hydrogens (tertiary/aromatic N) is 1. The number of fused-ring (bicyclic) bond motifs is 1. The van der Waals surface area contributed by atoms with Crippen molar-refractivity contribution < 1.29 is 19.1 Å². The van der Waals surface area contributed by atoms with Crippen molar-refractivity contribution in [1.29, 1.82) is 0 Å². The smallest absolute Gasteiger partial charge is 0.262 e. The van der Waals surface area contributed by atoms with Crippen molar-refractivity contribution in [3.05, 3.63) is 45.6 Å². The molecule has 2 aliphatic rings. The van der Waals surface area contributed by atoms with Gasteiger partial charge in [0.05, 0.1) is 23.0 Å². The molecule has 8 heteroatoms. The van der Waals surface area contributed by atoms with Crippen LogP contribution in [0.5, 0.6) is 5.75 Å². The second-order valence-corrected chi connectivity index (χ2v) is 7.77. The van der Waals surface area contributed by atoms with Gasteiger partial charge in [-0.1, -0.05) is 6.07 Å². The molecule has 1 aromatic heterocycles. The lowest BCUT2D eigenvalue weighted by molar-refractivity contribution is -0.131. The van der Waals surface area contributed by atoms with E-state index in [1.165, 1.54) is 11.3 Å². The summed E-state index contributed by atoms with van der Waals surface area (Å²) in [5.74, 6) is -0.00840. The largest absolute Gasteiger partial charge is 0.482 e. The molecular weight excluding hydrogens is 366 g/mol. The maximum absolute atomic E-state index is 12.9. The van der Waals surface area contributed by atoms with Gasteiger partial charge in [-0.2, -0.15) is 0 Å². The number of thiophene rings is 1. The molecule has 2 aromatic rings. The maximum atomic E-state index is 12.9. The highest BCUT2D eigenvalue weighted by Crippen LogP contribution is 2.36. The van der Waals surface area contributed by atoms with Gasteiger partial charge in [-0.15, -0.1) is 11.3 Å². The number of nitrogens with one attached hydrogen (secondary N) is 1. The van der Waals surface area contributed by atoms with E-state index >= 15 is 0 Å². The van der Waals surface area contributed by atoms with Gasteiger partial charge in [0.1, 0.15) is 5.75 Å². The fourth-order valence-corrected chi connectivity index (χ4v) is 4.55. The average Bonchev–Trinajstić information content (AvgIpc) is 3.30. The molecule has 3 amide bonds. The topological polar surface area (TPSA) is 102 Å². The summed E-state index contributed by atoms with van der Waals surface area (Å²) in [4.78, 5) is 39.1. The van der Waals surface area contributed by atoms with Crippen LogP contribution >= 0.6 is 11.3 Å². The van der Waals surface area contributed by atoms with Crippen LogP contribution in [0.25, 0.3) is 0 Å². The highest BCUT2D eigenvalue weighted by molar-refractivity contribution is 7.14. The van der Waals surface area contributed by atoms with Crippen molar-refractivity contribution in [3.8, 4) is 5.75 Å². The van der Waals surface area contributed by atoms with E-state index in [1.54, 1.807) is 18.2 Å². The molecule has 3 N–H and O–H groups in total. The van der Waals surface area contributed by atoms with Crippen LogP contribution < -0.4 is 15.8 Å². The van der Waals surface area contributed by atoms with Gasteiger partial charge in [0.15, 0.2) is 6.61 Å². The van der Waals surface area contributed by atoms with E-state index in [1.807, 2.05) is 17.0 Å². The van der Waals surface area contributed by atoms with Gasteiger partial charge >= 0.3 is 0 Å². The van der Waals surface area contributed by atoms with Crippen molar-refractivity contribution in [2.75, 3.05) is 18.5 Å². The van der Waals surface area contributed by atoms with Gasteiger partial charge in [0.25, 0.3) is 11.8 Å². The molecule has 0 saturated carbocycles. The molecule has 2 aliphatic heterocycles. The van der Waals surface area contributed by atoms with Gasteiger partial charge in [-0.25, -0.2) is 0 Å². The van der Waals surface area contributed by atoms with Crippen molar-refractivity contribution in [2.24, 2.45) is 5.73 Å². The summed E-state index contributed by atoms with van der Waals surface area (Å²) in [7, 11) is 0. The second-order valence-electron chi connectivity index (χ2n) is 6.66. The van der Waals surface area contributed by atoms with Crippen LogP contribution in [0.3, 0.4) is 0 Å². The Kier molecular flexibility index (Phi) is 4.57. The molecule has 1 unspecified atom stereocenters. The Balaban J connectivity index is 1.49. The summed E-state index contributed by atoms with van der Waals surface area (Å²) in [6.45, 7) is 0.701. The minimum Gasteiger partial charge on any atom is -0.482 e. The first kappa shape index (κ1) is 17.5. The molecular formula is C19H19N3O4S. The van der Waals surface area contributed by atoms with Crippen molar-refractivity contribution >= 4 is 34.7 Å². The minimum atomic E-state index is -0.444. The Bertz CT molecular complexity index is 923. The van der Waals surface area contributed by atoms with Gasteiger partial charge < -0.3 is 20.7 Å². The van der Waals surface area contributed by atoms with E-state index in [-0.39, 0.29) is 30.9 Å². The molecule has 1 atom stereocenters. The molecule has 1 aromatic carbocycles. The lowest BCUT2D eigenvalue weighted by Crippen LogP contribution is -2.31. The van der Waals surface area contributed by atoms with E-state index in [4.69, 9.17) is 10.5 Å². The predicted octanol–water partition coefficient (Wildman–Crippen LogP) is 2.08.